The zero-order valence-corrected chi connectivity index (χ0v) is 10.8. The number of nitrogens with two attached hydrogens (primary N) is 1. The third kappa shape index (κ3) is 2.98. The van der Waals surface area contributed by atoms with Crippen molar-refractivity contribution in [1.29, 1.82) is 0 Å². The van der Waals surface area contributed by atoms with E-state index in [2.05, 4.69) is 21.9 Å². The van der Waals surface area contributed by atoms with Crippen molar-refractivity contribution >= 4 is 11.6 Å². The highest BCUT2D eigenvalue weighted by Crippen LogP contribution is 2.08. The number of rotatable bonds is 5. The van der Waals surface area contributed by atoms with Crippen molar-refractivity contribution in [1.82, 2.24) is 24.5 Å². The van der Waals surface area contributed by atoms with Crippen LogP contribution in [0, 0.1) is 0 Å². The van der Waals surface area contributed by atoms with Crippen LogP contribution in [0.3, 0.4) is 0 Å². The Morgan fingerprint density at radius 3 is 3.00 bits per heavy atom. The molecule has 0 aromatic carbocycles. The van der Waals surface area contributed by atoms with E-state index in [4.69, 9.17) is 5.73 Å². The summed E-state index contributed by atoms with van der Waals surface area (Å²) in [5.74, 6) is 0.463. The first kappa shape index (κ1) is 12.8. The molecule has 6 nitrogen and oxygen atoms in total. The van der Waals surface area contributed by atoms with Crippen LogP contribution in [-0.2, 0) is 6.54 Å². The second-order valence-corrected chi connectivity index (χ2v) is 3.90. The van der Waals surface area contributed by atoms with E-state index in [0.717, 1.165) is 11.4 Å². The van der Waals surface area contributed by atoms with E-state index in [1.165, 1.54) is 0 Å². The number of hydrogen-bond acceptors (Lipinski definition) is 4. The lowest BCUT2D eigenvalue weighted by Gasteiger charge is -2.00. The Hall–Kier alpha value is -2.63. The van der Waals surface area contributed by atoms with Crippen molar-refractivity contribution in [2.75, 3.05) is 5.73 Å². The summed E-state index contributed by atoms with van der Waals surface area (Å²) < 4.78 is 3.50. The van der Waals surface area contributed by atoms with Crippen molar-refractivity contribution in [3.05, 3.63) is 55.2 Å². The average molecular weight is 256 g/mol. The van der Waals surface area contributed by atoms with Crippen LogP contribution in [0.25, 0.3) is 5.70 Å². The van der Waals surface area contributed by atoms with Gasteiger partial charge < -0.3 is 10.3 Å². The summed E-state index contributed by atoms with van der Waals surface area (Å²) in [6, 6.07) is 0. The molecule has 0 aliphatic carbocycles. The van der Waals surface area contributed by atoms with E-state index >= 15 is 0 Å². The zero-order valence-electron chi connectivity index (χ0n) is 10.8. The molecule has 6 heteroatoms. The van der Waals surface area contributed by atoms with Gasteiger partial charge in [-0.2, -0.15) is 0 Å². The molecule has 2 rings (SSSR count). The molecule has 0 fully saturated rings. The molecule has 98 valence electrons. The van der Waals surface area contributed by atoms with Crippen molar-refractivity contribution in [3.63, 3.8) is 0 Å². The summed E-state index contributed by atoms with van der Waals surface area (Å²) >= 11 is 0. The molecule has 0 atom stereocenters. The molecule has 0 spiro atoms. The standard InChI is InChI=1S/C13H16N6/c1-3-5-12(6-4-2)19-10-11(16-17-19)9-18-8-7-15-13(18)14/h3-8,10H,1,9H2,2H3,(H2,14,15)/b6-4-,12-5+. The van der Waals surface area contributed by atoms with Crippen LogP contribution in [0.2, 0.25) is 0 Å². The molecule has 0 saturated heterocycles. The number of anilines is 1. The first-order valence-electron chi connectivity index (χ1n) is 5.88. The number of imidazole rings is 1. The van der Waals surface area contributed by atoms with Gasteiger partial charge >= 0.3 is 0 Å². The maximum Gasteiger partial charge on any atom is 0.200 e. The summed E-state index contributed by atoms with van der Waals surface area (Å²) in [4.78, 5) is 3.96. The molecule has 19 heavy (non-hydrogen) atoms. The van der Waals surface area contributed by atoms with Gasteiger partial charge in [-0.1, -0.05) is 23.9 Å². The van der Waals surface area contributed by atoms with Gasteiger partial charge in [-0.15, -0.1) is 5.10 Å². The largest absolute Gasteiger partial charge is 0.369 e. The van der Waals surface area contributed by atoms with Crippen LogP contribution in [0.1, 0.15) is 12.6 Å². The minimum absolute atomic E-state index is 0.463. The molecular formula is C13H16N6. The second kappa shape index (κ2) is 5.81. The fourth-order valence-electron chi connectivity index (χ4n) is 1.65. The Balaban J connectivity index is 2.21. The number of nitrogen functional groups attached to an aromatic ring is 1. The Morgan fingerprint density at radius 1 is 1.53 bits per heavy atom. The predicted octanol–water partition coefficient (Wildman–Crippen LogP) is 1.71. The molecule has 2 heterocycles. The van der Waals surface area contributed by atoms with Gasteiger partial charge in [0.15, 0.2) is 5.95 Å². The molecule has 2 N–H and O–H groups in total. The van der Waals surface area contributed by atoms with Crippen molar-refractivity contribution in [2.24, 2.45) is 0 Å². The zero-order chi connectivity index (χ0) is 13.7. The summed E-state index contributed by atoms with van der Waals surface area (Å²) in [5.41, 5.74) is 7.42. The molecule has 0 saturated carbocycles. The minimum Gasteiger partial charge on any atom is -0.369 e. The summed E-state index contributed by atoms with van der Waals surface area (Å²) in [5, 5.41) is 8.21. The van der Waals surface area contributed by atoms with E-state index in [0.29, 0.717) is 12.5 Å². The van der Waals surface area contributed by atoms with Crippen LogP contribution < -0.4 is 5.73 Å². The highest BCUT2D eigenvalue weighted by atomic mass is 15.4. The van der Waals surface area contributed by atoms with Crippen molar-refractivity contribution in [3.8, 4) is 0 Å². The maximum atomic E-state index is 5.71. The first-order chi connectivity index (χ1) is 9.24. The monoisotopic (exact) mass is 256 g/mol. The number of nitrogens with zero attached hydrogens (tertiary/aromatic N) is 5. The topological polar surface area (TPSA) is 74.5 Å². The number of allylic oxidation sites excluding steroid dienone is 5. The van der Waals surface area contributed by atoms with Crippen molar-refractivity contribution in [2.45, 2.75) is 13.5 Å². The maximum absolute atomic E-state index is 5.71. The van der Waals surface area contributed by atoms with Gasteiger partial charge in [0.1, 0.15) is 5.69 Å². The SMILES string of the molecule is C=C/C=C(\C=C/C)n1cc(Cn2ccnc2N)nn1. The normalized spacial score (nSPS) is 12.2. The van der Waals surface area contributed by atoms with Gasteiger partial charge in [-0.3, -0.25) is 0 Å². The Morgan fingerprint density at radius 2 is 2.37 bits per heavy atom. The molecule has 0 amide bonds. The van der Waals surface area contributed by atoms with Crippen LogP contribution in [0.15, 0.2) is 49.5 Å². The molecule has 2 aromatic heterocycles. The molecule has 0 unspecified atom stereocenters. The third-order valence-electron chi connectivity index (χ3n) is 2.51. The number of aromatic nitrogens is 5. The summed E-state index contributed by atoms with van der Waals surface area (Å²) in [7, 11) is 0. The average Bonchev–Trinajstić information content (AvgIpc) is 3.00. The third-order valence-corrected chi connectivity index (χ3v) is 2.51. The molecule has 0 radical (unpaired) electrons. The van der Waals surface area contributed by atoms with Gasteiger partial charge in [0.05, 0.1) is 18.4 Å². The van der Waals surface area contributed by atoms with Crippen LogP contribution in [-0.4, -0.2) is 24.5 Å². The van der Waals surface area contributed by atoms with Crippen LogP contribution in [0.5, 0.6) is 0 Å². The predicted molar refractivity (Wildman–Crippen MR) is 75.0 cm³/mol. The van der Waals surface area contributed by atoms with E-state index < -0.39 is 0 Å². The fraction of sp³-hybridized carbons (Fsp3) is 0.154. The summed E-state index contributed by atoms with van der Waals surface area (Å²) in [6.07, 6.45) is 12.8. The fourth-order valence-corrected chi connectivity index (χ4v) is 1.65. The Labute approximate surface area is 111 Å². The number of hydrogen-bond donors (Lipinski definition) is 1. The Bertz CT molecular complexity index is 617. The first-order valence-corrected chi connectivity index (χ1v) is 5.88. The van der Waals surface area contributed by atoms with Crippen LogP contribution >= 0.6 is 0 Å². The van der Waals surface area contributed by atoms with Gasteiger partial charge in [0.25, 0.3) is 0 Å². The summed E-state index contributed by atoms with van der Waals surface area (Å²) in [6.45, 7) is 6.18. The highest BCUT2D eigenvalue weighted by molar-refractivity contribution is 5.57. The second-order valence-electron chi connectivity index (χ2n) is 3.90. The van der Waals surface area contributed by atoms with Gasteiger partial charge in [0, 0.05) is 12.4 Å². The minimum atomic E-state index is 0.463. The van der Waals surface area contributed by atoms with E-state index in [9.17, 15) is 0 Å². The van der Waals surface area contributed by atoms with Crippen LogP contribution in [0.4, 0.5) is 5.95 Å². The molecular weight excluding hydrogens is 240 g/mol. The highest BCUT2D eigenvalue weighted by Gasteiger charge is 2.05. The van der Waals surface area contributed by atoms with E-state index in [1.807, 2.05) is 31.3 Å². The van der Waals surface area contributed by atoms with Gasteiger partial charge in [-0.05, 0) is 19.1 Å². The lowest BCUT2D eigenvalue weighted by Crippen LogP contribution is -2.03. The van der Waals surface area contributed by atoms with Gasteiger partial charge in [-0.25, -0.2) is 9.67 Å². The smallest absolute Gasteiger partial charge is 0.200 e. The quantitative estimate of drug-likeness (QED) is 0.826. The molecule has 0 aliphatic rings. The van der Waals surface area contributed by atoms with Gasteiger partial charge in [0.2, 0.25) is 0 Å². The molecule has 0 aliphatic heterocycles. The lowest BCUT2D eigenvalue weighted by molar-refractivity contribution is 0.768. The lowest BCUT2D eigenvalue weighted by atomic mass is 10.3. The van der Waals surface area contributed by atoms with Crippen molar-refractivity contribution < 1.29 is 0 Å². The molecule has 2 aromatic rings. The Kier molecular flexibility index (Phi) is 3.92. The molecule has 0 bridgehead atoms. The van der Waals surface area contributed by atoms with E-state index in [-0.39, 0.29) is 0 Å². The van der Waals surface area contributed by atoms with E-state index in [1.54, 1.807) is 27.7 Å².